The number of carboxylic acids is 2. The van der Waals surface area contributed by atoms with Crippen LogP contribution in [0.4, 0.5) is 0 Å². The Balaban J connectivity index is 3.05. The van der Waals surface area contributed by atoms with Crippen LogP contribution in [0.25, 0.3) is 0 Å². The maximum atomic E-state index is 11.3. The lowest BCUT2D eigenvalue weighted by Crippen LogP contribution is -2.41. The van der Waals surface area contributed by atoms with E-state index in [2.05, 4.69) is 0 Å². The first kappa shape index (κ1) is 12.4. The maximum Gasteiger partial charge on any atom is 0.314 e. The first-order chi connectivity index (χ1) is 7.54. The Hall–Kier alpha value is -1.62. The van der Waals surface area contributed by atoms with Crippen molar-refractivity contribution in [1.29, 1.82) is 0 Å². The number of rotatable bonds is 5. The van der Waals surface area contributed by atoms with Crippen LogP contribution < -0.4 is 0 Å². The molecule has 0 aromatic carbocycles. The standard InChI is InChI=1S/C11H14O5/c12-7-3-6-11(10(15)16)5-2-1-4-8(11)9(13)14/h1-2,4-5,8,12H,3,6-7H2,(H,13,14)(H,15,16). The number of aliphatic hydroxyl groups is 1. The summed E-state index contributed by atoms with van der Waals surface area (Å²) in [6.07, 6.45) is 6.19. The summed E-state index contributed by atoms with van der Waals surface area (Å²) in [4.78, 5) is 22.3. The maximum absolute atomic E-state index is 11.3. The van der Waals surface area contributed by atoms with E-state index in [9.17, 15) is 14.7 Å². The van der Waals surface area contributed by atoms with Gasteiger partial charge in [-0.1, -0.05) is 24.3 Å². The lowest BCUT2D eigenvalue weighted by Gasteiger charge is -2.31. The van der Waals surface area contributed by atoms with Crippen LogP contribution in [0.1, 0.15) is 12.8 Å². The van der Waals surface area contributed by atoms with Gasteiger partial charge in [-0.25, -0.2) is 0 Å². The molecular formula is C11H14O5. The molecule has 0 amide bonds. The topological polar surface area (TPSA) is 94.8 Å². The van der Waals surface area contributed by atoms with Gasteiger partial charge in [-0.2, -0.15) is 0 Å². The molecule has 0 radical (unpaired) electrons. The number of carbonyl (C=O) groups is 2. The van der Waals surface area contributed by atoms with Gasteiger partial charge in [0.2, 0.25) is 0 Å². The molecule has 5 nitrogen and oxygen atoms in total. The fourth-order valence-corrected chi connectivity index (χ4v) is 1.90. The summed E-state index contributed by atoms with van der Waals surface area (Å²) in [6.45, 7) is -0.154. The van der Waals surface area contributed by atoms with Gasteiger partial charge in [0.05, 0.1) is 5.92 Å². The Morgan fingerprint density at radius 3 is 2.44 bits per heavy atom. The van der Waals surface area contributed by atoms with Crippen LogP contribution >= 0.6 is 0 Å². The highest BCUT2D eigenvalue weighted by atomic mass is 16.4. The summed E-state index contributed by atoms with van der Waals surface area (Å²) >= 11 is 0. The number of aliphatic carboxylic acids is 2. The average molecular weight is 226 g/mol. The van der Waals surface area contributed by atoms with Crippen molar-refractivity contribution in [1.82, 2.24) is 0 Å². The molecule has 16 heavy (non-hydrogen) atoms. The minimum absolute atomic E-state index is 0.108. The molecule has 88 valence electrons. The van der Waals surface area contributed by atoms with Gasteiger partial charge < -0.3 is 15.3 Å². The Morgan fingerprint density at radius 2 is 1.94 bits per heavy atom. The molecule has 2 atom stereocenters. The minimum atomic E-state index is -1.44. The lowest BCUT2D eigenvalue weighted by molar-refractivity contribution is -0.157. The van der Waals surface area contributed by atoms with Crippen molar-refractivity contribution in [2.75, 3.05) is 6.61 Å². The summed E-state index contributed by atoms with van der Waals surface area (Å²) in [6, 6.07) is 0. The molecule has 0 aromatic heterocycles. The second kappa shape index (κ2) is 4.94. The molecule has 0 aromatic rings. The zero-order chi connectivity index (χ0) is 12.2. The van der Waals surface area contributed by atoms with Gasteiger partial charge in [-0.3, -0.25) is 9.59 Å². The zero-order valence-corrected chi connectivity index (χ0v) is 8.67. The summed E-state index contributed by atoms with van der Waals surface area (Å²) < 4.78 is 0. The molecule has 0 aliphatic heterocycles. The summed E-state index contributed by atoms with van der Waals surface area (Å²) in [5, 5.41) is 27.0. The van der Waals surface area contributed by atoms with Crippen LogP contribution in [0.5, 0.6) is 0 Å². The Labute approximate surface area is 92.7 Å². The van der Waals surface area contributed by atoms with Crippen molar-refractivity contribution in [3.05, 3.63) is 24.3 Å². The Kier molecular flexibility index (Phi) is 3.84. The van der Waals surface area contributed by atoms with Gasteiger partial charge in [0, 0.05) is 6.61 Å². The van der Waals surface area contributed by atoms with Gasteiger partial charge in [-0.05, 0) is 12.8 Å². The normalized spacial score (nSPS) is 27.9. The van der Waals surface area contributed by atoms with E-state index in [1.807, 2.05) is 0 Å². The molecule has 5 heteroatoms. The molecule has 0 saturated carbocycles. The quantitative estimate of drug-likeness (QED) is 0.640. The fourth-order valence-electron chi connectivity index (χ4n) is 1.90. The Bertz CT molecular complexity index is 344. The second-order valence-corrected chi connectivity index (χ2v) is 3.73. The fraction of sp³-hybridized carbons (Fsp3) is 0.455. The molecule has 0 bridgehead atoms. The van der Waals surface area contributed by atoms with Gasteiger partial charge in [0.15, 0.2) is 0 Å². The van der Waals surface area contributed by atoms with Crippen molar-refractivity contribution >= 4 is 11.9 Å². The van der Waals surface area contributed by atoms with Gasteiger partial charge in [0.1, 0.15) is 5.41 Å². The van der Waals surface area contributed by atoms with Crippen molar-refractivity contribution in [2.45, 2.75) is 12.8 Å². The molecule has 1 aliphatic carbocycles. The Morgan fingerprint density at radius 1 is 1.25 bits per heavy atom. The van der Waals surface area contributed by atoms with Crippen LogP contribution in [0.3, 0.4) is 0 Å². The van der Waals surface area contributed by atoms with Crippen LogP contribution in [0.2, 0.25) is 0 Å². The summed E-state index contributed by atoms with van der Waals surface area (Å²) in [5.74, 6) is -3.42. The van der Waals surface area contributed by atoms with Crippen molar-refractivity contribution in [3.8, 4) is 0 Å². The monoisotopic (exact) mass is 226 g/mol. The van der Waals surface area contributed by atoms with Crippen LogP contribution in [-0.2, 0) is 9.59 Å². The largest absolute Gasteiger partial charge is 0.481 e. The van der Waals surface area contributed by atoms with E-state index in [0.29, 0.717) is 0 Å². The van der Waals surface area contributed by atoms with E-state index in [1.54, 1.807) is 0 Å². The first-order valence-corrected chi connectivity index (χ1v) is 4.97. The number of allylic oxidation sites excluding steroid dienone is 2. The predicted octanol–water partition coefficient (Wildman–Crippen LogP) is 0.657. The molecule has 1 rings (SSSR count). The highest BCUT2D eigenvalue weighted by Gasteiger charge is 2.46. The second-order valence-electron chi connectivity index (χ2n) is 3.73. The predicted molar refractivity (Wildman–Crippen MR) is 55.8 cm³/mol. The highest BCUT2D eigenvalue weighted by molar-refractivity contribution is 5.87. The first-order valence-electron chi connectivity index (χ1n) is 4.97. The molecule has 1 aliphatic rings. The molecule has 2 unspecified atom stereocenters. The summed E-state index contributed by atoms with van der Waals surface area (Å²) in [5.41, 5.74) is -1.44. The van der Waals surface area contributed by atoms with Crippen molar-refractivity contribution in [3.63, 3.8) is 0 Å². The molecule has 0 spiro atoms. The summed E-state index contributed by atoms with van der Waals surface area (Å²) in [7, 11) is 0. The molecule has 3 N–H and O–H groups in total. The molecule has 0 saturated heterocycles. The third-order valence-corrected chi connectivity index (χ3v) is 2.78. The van der Waals surface area contributed by atoms with E-state index in [-0.39, 0.29) is 19.4 Å². The third-order valence-electron chi connectivity index (χ3n) is 2.78. The minimum Gasteiger partial charge on any atom is -0.481 e. The number of hydrogen-bond donors (Lipinski definition) is 3. The highest BCUT2D eigenvalue weighted by Crippen LogP contribution is 2.38. The average Bonchev–Trinajstić information content (AvgIpc) is 2.26. The van der Waals surface area contributed by atoms with Gasteiger partial charge >= 0.3 is 11.9 Å². The number of hydrogen-bond acceptors (Lipinski definition) is 3. The third kappa shape index (κ3) is 2.14. The van der Waals surface area contributed by atoms with E-state index < -0.39 is 23.3 Å². The number of aliphatic hydroxyl groups excluding tert-OH is 1. The van der Waals surface area contributed by atoms with E-state index in [4.69, 9.17) is 10.2 Å². The molecular weight excluding hydrogens is 212 g/mol. The molecule has 0 heterocycles. The van der Waals surface area contributed by atoms with Crippen molar-refractivity contribution in [2.24, 2.45) is 11.3 Å². The van der Waals surface area contributed by atoms with Crippen LogP contribution in [0.15, 0.2) is 24.3 Å². The zero-order valence-electron chi connectivity index (χ0n) is 8.67. The van der Waals surface area contributed by atoms with Crippen LogP contribution in [-0.4, -0.2) is 33.9 Å². The number of carboxylic acid groups (broad SMARTS) is 2. The van der Waals surface area contributed by atoms with E-state index in [1.165, 1.54) is 24.3 Å². The van der Waals surface area contributed by atoms with E-state index in [0.717, 1.165) is 0 Å². The lowest BCUT2D eigenvalue weighted by atomic mass is 9.70. The van der Waals surface area contributed by atoms with Crippen LogP contribution in [0, 0.1) is 11.3 Å². The van der Waals surface area contributed by atoms with Gasteiger partial charge in [-0.15, -0.1) is 0 Å². The van der Waals surface area contributed by atoms with E-state index >= 15 is 0 Å². The smallest absolute Gasteiger partial charge is 0.314 e. The van der Waals surface area contributed by atoms with Gasteiger partial charge in [0.25, 0.3) is 0 Å². The SMILES string of the molecule is O=C(O)C1C=CC=CC1(CCCO)C(=O)O. The van der Waals surface area contributed by atoms with Crippen molar-refractivity contribution < 1.29 is 24.9 Å². The molecule has 0 fully saturated rings.